The number of rotatable bonds is 2. The van der Waals surface area contributed by atoms with Gasteiger partial charge in [0.2, 0.25) is 0 Å². The molecule has 1 aromatic carbocycles. The van der Waals surface area contributed by atoms with Crippen LogP contribution in [0.4, 0.5) is 0 Å². The Balaban J connectivity index is 1.94. The van der Waals surface area contributed by atoms with Gasteiger partial charge in [-0.2, -0.15) is 0 Å². The lowest BCUT2D eigenvalue weighted by atomic mass is 10.1. The summed E-state index contributed by atoms with van der Waals surface area (Å²) in [4.78, 5) is 8.73. The first-order chi connectivity index (χ1) is 9.56. The highest BCUT2D eigenvalue weighted by molar-refractivity contribution is 6.34. The molecule has 5 heteroatoms. The first-order valence-electron chi connectivity index (χ1n) is 6.53. The fraction of sp³-hybridized carbons (Fsp3) is 0.333. The molecule has 1 aliphatic rings. The average Bonchev–Trinajstić information content (AvgIpc) is 2.81. The predicted octanol–water partition coefficient (Wildman–Crippen LogP) is 4.58. The van der Waals surface area contributed by atoms with Crippen LogP contribution in [-0.2, 0) is 6.42 Å². The molecule has 0 aliphatic carbocycles. The number of aromatic nitrogens is 2. The molecule has 1 aromatic heterocycles. The molecular formula is C15H14Cl2N2O. The summed E-state index contributed by atoms with van der Waals surface area (Å²) in [6.45, 7) is 4.02. The van der Waals surface area contributed by atoms with Gasteiger partial charge in [-0.05, 0) is 17.5 Å². The van der Waals surface area contributed by atoms with Gasteiger partial charge in [0.05, 0.1) is 0 Å². The molecule has 2 heterocycles. The summed E-state index contributed by atoms with van der Waals surface area (Å²) >= 11 is 12.5. The summed E-state index contributed by atoms with van der Waals surface area (Å²) in [6.07, 6.45) is 0.521. The summed E-state index contributed by atoms with van der Waals surface area (Å²) in [6, 6.07) is 7.93. The maximum atomic E-state index is 6.23. The van der Waals surface area contributed by atoms with Crippen LogP contribution < -0.4 is 4.74 Å². The summed E-state index contributed by atoms with van der Waals surface area (Å²) in [7, 11) is 0. The summed E-state index contributed by atoms with van der Waals surface area (Å²) in [5.74, 6) is 1.60. The van der Waals surface area contributed by atoms with E-state index in [2.05, 4.69) is 9.97 Å². The fourth-order valence-electron chi connectivity index (χ4n) is 2.38. The minimum atomic E-state index is -0.219. The maximum Gasteiger partial charge on any atom is 0.172 e. The van der Waals surface area contributed by atoms with Crippen LogP contribution in [0, 0.1) is 0 Å². The van der Waals surface area contributed by atoms with Gasteiger partial charge < -0.3 is 4.74 Å². The van der Waals surface area contributed by atoms with Crippen molar-refractivity contribution in [3.63, 3.8) is 0 Å². The van der Waals surface area contributed by atoms with Crippen LogP contribution in [0.5, 0.6) is 5.75 Å². The second-order valence-corrected chi connectivity index (χ2v) is 5.87. The van der Waals surface area contributed by atoms with Crippen LogP contribution >= 0.6 is 23.2 Å². The van der Waals surface area contributed by atoms with Crippen LogP contribution in [-0.4, -0.2) is 9.97 Å². The molecule has 20 heavy (non-hydrogen) atoms. The van der Waals surface area contributed by atoms with Crippen molar-refractivity contribution in [1.82, 2.24) is 9.97 Å². The molecule has 0 saturated carbocycles. The Morgan fingerprint density at radius 1 is 1.15 bits per heavy atom. The predicted molar refractivity (Wildman–Crippen MR) is 79.7 cm³/mol. The summed E-state index contributed by atoms with van der Waals surface area (Å²) in [5, 5.41) is 0.823. The van der Waals surface area contributed by atoms with Gasteiger partial charge in [0.1, 0.15) is 16.1 Å². The van der Waals surface area contributed by atoms with E-state index in [4.69, 9.17) is 27.9 Å². The lowest BCUT2D eigenvalue weighted by Crippen LogP contribution is -2.10. The number of benzene rings is 1. The molecule has 0 bridgehead atoms. The van der Waals surface area contributed by atoms with Crippen LogP contribution in [0.1, 0.15) is 42.8 Å². The lowest BCUT2D eigenvalue weighted by Gasteiger charge is -2.14. The average molecular weight is 309 g/mol. The number of hydrogen-bond donors (Lipinski definition) is 0. The van der Waals surface area contributed by atoms with Crippen molar-refractivity contribution in [2.24, 2.45) is 0 Å². The van der Waals surface area contributed by atoms with Gasteiger partial charge in [-0.3, -0.25) is 0 Å². The minimum absolute atomic E-state index is 0.186. The number of para-hydroxylation sites is 1. The SMILES string of the molecule is CC(C)c1c(Cl)nc(C2Cc3ccccc3O2)nc1Cl. The Morgan fingerprint density at radius 2 is 1.80 bits per heavy atom. The van der Waals surface area contributed by atoms with E-state index < -0.39 is 0 Å². The van der Waals surface area contributed by atoms with Crippen LogP contribution in [0.3, 0.4) is 0 Å². The van der Waals surface area contributed by atoms with Crippen molar-refractivity contribution in [3.05, 3.63) is 51.5 Å². The molecular weight excluding hydrogens is 295 g/mol. The number of fused-ring (bicyclic) bond motifs is 1. The van der Waals surface area contributed by atoms with Gasteiger partial charge in [-0.15, -0.1) is 0 Å². The topological polar surface area (TPSA) is 35.0 Å². The van der Waals surface area contributed by atoms with E-state index in [0.29, 0.717) is 16.1 Å². The highest BCUT2D eigenvalue weighted by atomic mass is 35.5. The molecule has 0 saturated heterocycles. The fourth-order valence-corrected chi connectivity index (χ4v) is 3.22. The standard InChI is InChI=1S/C15H14Cl2N2O/c1-8(2)12-13(16)18-15(19-14(12)17)11-7-9-5-3-4-6-10(9)20-11/h3-6,8,11H,7H2,1-2H3. The molecule has 0 radical (unpaired) electrons. The van der Waals surface area contributed by atoms with E-state index in [-0.39, 0.29) is 12.0 Å². The van der Waals surface area contributed by atoms with E-state index in [1.165, 1.54) is 0 Å². The highest BCUT2D eigenvalue weighted by Crippen LogP contribution is 2.37. The first-order valence-corrected chi connectivity index (χ1v) is 7.29. The van der Waals surface area contributed by atoms with Crippen molar-refractivity contribution in [2.45, 2.75) is 32.3 Å². The van der Waals surface area contributed by atoms with Crippen LogP contribution in [0.15, 0.2) is 24.3 Å². The Kier molecular flexibility index (Phi) is 3.57. The Morgan fingerprint density at radius 3 is 2.40 bits per heavy atom. The van der Waals surface area contributed by atoms with Crippen molar-refractivity contribution in [1.29, 1.82) is 0 Å². The molecule has 104 valence electrons. The van der Waals surface area contributed by atoms with E-state index in [0.717, 1.165) is 23.3 Å². The molecule has 3 nitrogen and oxygen atoms in total. The molecule has 1 aliphatic heterocycles. The second kappa shape index (κ2) is 5.23. The normalized spacial score (nSPS) is 17.1. The quantitative estimate of drug-likeness (QED) is 0.761. The number of nitrogens with zero attached hydrogens (tertiary/aromatic N) is 2. The van der Waals surface area contributed by atoms with Gasteiger partial charge in [0.15, 0.2) is 11.9 Å². The Hall–Kier alpha value is -1.32. The van der Waals surface area contributed by atoms with Crippen LogP contribution in [0.2, 0.25) is 10.3 Å². The van der Waals surface area contributed by atoms with E-state index in [1.807, 2.05) is 38.1 Å². The third-order valence-electron chi connectivity index (χ3n) is 3.38. The smallest absolute Gasteiger partial charge is 0.172 e. The molecule has 0 spiro atoms. The van der Waals surface area contributed by atoms with Gasteiger partial charge in [0.25, 0.3) is 0 Å². The van der Waals surface area contributed by atoms with Gasteiger partial charge in [0, 0.05) is 12.0 Å². The lowest BCUT2D eigenvalue weighted by molar-refractivity contribution is 0.227. The van der Waals surface area contributed by atoms with Crippen LogP contribution in [0.25, 0.3) is 0 Å². The molecule has 1 atom stereocenters. The van der Waals surface area contributed by atoms with Gasteiger partial charge in [-0.1, -0.05) is 55.2 Å². The zero-order chi connectivity index (χ0) is 14.3. The van der Waals surface area contributed by atoms with Crippen molar-refractivity contribution < 1.29 is 4.74 Å². The summed E-state index contributed by atoms with van der Waals surface area (Å²) in [5.41, 5.74) is 1.94. The minimum Gasteiger partial charge on any atom is -0.482 e. The zero-order valence-corrected chi connectivity index (χ0v) is 12.7. The second-order valence-electron chi connectivity index (χ2n) is 5.15. The molecule has 2 aromatic rings. The molecule has 0 amide bonds. The van der Waals surface area contributed by atoms with E-state index in [9.17, 15) is 0 Å². The zero-order valence-electron chi connectivity index (χ0n) is 11.2. The van der Waals surface area contributed by atoms with Crippen molar-refractivity contribution in [2.75, 3.05) is 0 Å². The first kappa shape index (κ1) is 13.7. The van der Waals surface area contributed by atoms with E-state index in [1.54, 1.807) is 0 Å². The number of halogens is 2. The van der Waals surface area contributed by atoms with Gasteiger partial charge >= 0.3 is 0 Å². The monoisotopic (exact) mass is 308 g/mol. The molecule has 3 rings (SSSR count). The highest BCUT2D eigenvalue weighted by Gasteiger charge is 2.28. The molecule has 1 unspecified atom stereocenters. The Bertz CT molecular complexity index is 610. The molecule has 0 fully saturated rings. The van der Waals surface area contributed by atoms with Gasteiger partial charge in [-0.25, -0.2) is 9.97 Å². The third kappa shape index (κ3) is 2.36. The largest absolute Gasteiger partial charge is 0.482 e. The van der Waals surface area contributed by atoms with Crippen molar-refractivity contribution >= 4 is 23.2 Å². The van der Waals surface area contributed by atoms with Crippen molar-refractivity contribution in [3.8, 4) is 5.75 Å². The maximum absolute atomic E-state index is 6.23. The Labute approximate surface area is 127 Å². The van der Waals surface area contributed by atoms with E-state index >= 15 is 0 Å². The molecule has 0 N–H and O–H groups in total. The number of ether oxygens (including phenoxy) is 1. The summed E-state index contributed by atoms with van der Waals surface area (Å²) < 4.78 is 5.86. The number of hydrogen-bond acceptors (Lipinski definition) is 3. The third-order valence-corrected chi connectivity index (χ3v) is 3.96.